The molecule has 28 heavy (non-hydrogen) atoms. The van der Waals surface area contributed by atoms with Gasteiger partial charge >= 0.3 is 12.3 Å². The van der Waals surface area contributed by atoms with Gasteiger partial charge in [0.25, 0.3) is 5.56 Å². The zero-order valence-electron chi connectivity index (χ0n) is 14.7. The molecule has 0 saturated carbocycles. The topological polar surface area (TPSA) is 93.2 Å². The lowest BCUT2D eigenvalue weighted by Crippen LogP contribution is -2.32. The molecule has 0 aliphatic carbocycles. The molecule has 1 amide bonds. The Morgan fingerprint density at radius 2 is 1.82 bits per heavy atom. The van der Waals surface area contributed by atoms with Crippen molar-refractivity contribution in [1.29, 1.82) is 0 Å². The molecule has 0 bridgehead atoms. The first-order chi connectivity index (χ1) is 13.5. The summed E-state index contributed by atoms with van der Waals surface area (Å²) in [5.74, 6) is -0.394. The van der Waals surface area contributed by atoms with Crippen LogP contribution in [0.25, 0.3) is 10.9 Å². The van der Waals surface area contributed by atoms with E-state index in [1.165, 1.54) is 10.6 Å². The van der Waals surface area contributed by atoms with Crippen LogP contribution in [0, 0.1) is 0 Å². The van der Waals surface area contributed by atoms with E-state index in [1.807, 2.05) is 0 Å². The van der Waals surface area contributed by atoms with Crippen molar-refractivity contribution in [3.63, 3.8) is 0 Å². The summed E-state index contributed by atoms with van der Waals surface area (Å²) in [5.41, 5.74) is -0.258. The molecule has 0 fully saturated rings. The molecule has 146 valence electrons. The standard InChI is InChI=1S/C19H17F2N3O4/c20-18(21)28-15-8-4-1-5-12(15)11-22-16(25)9-10-24-14-7-3-2-6-13(14)17(26)23-19(24)27/h1-8,18H,9-11H2,(H,22,25)(H,23,26,27). The van der Waals surface area contributed by atoms with Crippen LogP contribution in [0.3, 0.4) is 0 Å². The number of nitrogens with one attached hydrogen (secondary N) is 2. The number of amides is 1. The number of ether oxygens (including phenoxy) is 1. The van der Waals surface area contributed by atoms with Gasteiger partial charge in [0.2, 0.25) is 5.91 Å². The van der Waals surface area contributed by atoms with Crippen molar-refractivity contribution in [2.24, 2.45) is 0 Å². The highest BCUT2D eigenvalue weighted by Crippen LogP contribution is 2.20. The molecule has 2 aromatic carbocycles. The van der Waals surface area contributed by atoms with Crippen LogP contribution in [-0.2, 0) is 17.9 Å². The molecule has 0 saturated heterocycles. The number of para-hydroxylation sites is 2. The second kappa shape index (κ2) is 8.47. The normalized spacial score (nSPS) is 11.0. The molecule has 0 radical (unpaired) electrons. The number of carbonyl (C=O) groups excluding carboxylic acids is 1. The predicted molar refractivity (Wildman–Crippen MR) is 98.4 cm³/mol. The average Bonchev–Trinajstić information content (AvgIpc) is 2.66. The van der Waals surface area contributed by atoms with Crippen LogP contribution in [0.15, 0.2) is 58.1 Å². The number of hydrogen-bond acceptors (Lipinski definition) is 4. The van der Waals surface area contributed by atoms with Gasteiger partial charge in [0.05, 0.1) is 10.9 Å². The molecule has 0 aliphatic heterocycles. The van der Waals surface area contributed by atoms with Gasteiger partial charge in [0.15, 0.2) is 0 Å². The van der Waals surface area contributed by atoms with Crippen LogP contribution in [0.5, 0.6) is 5.75 Å². The van der Waals surface area contributed by atoms with Crippen molar-refractivity contribution in [3.05, 3.63) is 74.9 Å². The minimum atomic E-state index is -2.96. The maximum Gasteiger partial charge on any atom is 0.387 e. The van der Waals surface area contributed by atoms with Gasteiger partial charge in [-0.05, 0) is 18.2 Å². The van der Waals surface area contributed by atoms with Crippen LogP contribution < -0.4 is 21.3 Å². The Morgan fingerprint density at radius 1 is 1.11 bits per heavy atom. The lowest BCUT2D eigenvalue weighted by Gasteiger charge is -2.12. The van der Waals surface area contributed by atoms with E-state index in [1.54, 1.807) is 42.5 Å². The number of nitrogens with zero attached hydrogens (tertiary/aromatic N) is 1. The zero-order chi connectivity index (χ0) is 20.1. The Labute approximate surface area is 157 Å². The number of carbonyl (C=O) groups is 1. The summed E-state index contributed by atoms with van der Waals surface area (Å²) in [6.07, 6.45) is -0.0339. The highest BCUT2D eigenvalue weighted by Gasteiger charge is 2.11. The van der Waals surface area contributed by atoms with Crippen LogP contribution >= 0.6 is 0 Å². The molecule has 0 atom stereocenters. The largest absolute Gasteiger partial charge is 0.434 e. The van der Waals surface area contributed by atoms with Crippen LogP contribution in [-0.4, -0.2) is 22.1 Å². The van der Waals surface area contributed by atoms with Crippen LogP contribution in [0.1, 0.15) is 12.0 Å². The number of halogens is 2. The summed E-state index contributed by atoms with van der Waals surface area (Å²) in [7, 11) is 0. The number of benzene rings is 2. The van der Waals surface area contributed by atoms with Crippen molar-refractivity contribution in [1.82, 2.24) is 14.9 Å². The van der Waals surface area contributed by atoms with Gasteiger partial charge in [-0.15, -0.1) is 0 Å². The smallest absolute Gasteiger partial charge is 0.387 e. The molecule has 0 spiro atoms. The molecule has 3 aromatic rings. The van der Waals surface area contributed by atoms with Gasteiger partial charge in [-0.25, -0.2) is 4.79 Å². The second-order valence-electron chi connectivity index (χ2n) is 5.94. The number of rotatable bonds is 7. The first-order valence-electron chi connectivity index (χ1n) is 8.47. The average molecular weight is 389 g/mol. The van der Waals surface area contributed by atoms with Crippen LogP contribution in [0.2, 0.25) is 0 Å². The summed E-state index contributed by atoms with van der Waals surface area (Å²) in [5, 5.41) is 2.96. The van der Waals surface area contributed by atoms with Crippen LogP contribution in [0.4, 0.5) is 8.78 Å². The minimum Gasteiger partial charge on any atom is -0.434 e. The SMILES string of the molecule is O=C(CCn1c(=O)[nH]c(=O)c2ccccc21)NCc1ccccc1OC(F)F. The van der Waals surface area contributed by atoms with Gasteiger partial charge in [-0.1, -0.05) is 30.3 Å². The molecule has 1 aromatic heterocycles. The van der Waals surface area contributed by atoms with Gasteiger partial charge in [-0.3, -0.25) is 19.1 Å². The van der Waals surface area contributed by atoms with E-state index in [4.69, 9.17) is 0 Å². The van der Waals surface area contributed by atoms with E-state index in [9.17, 15) is 23.2 Å². The van der Waals surface area contributed by atoms with Gasteiger partial charge in [-0.2, -0.15) is 8.78 Å². The summed E-state index contributed by atoms with van der Waals surface area (Å²) in [4.78, 5) is 38.3. The molecule has 0 unspecified atom stereocenters. The van der Waals surface area contributed by atoms with E-state index < -0.39 is 17.9 Å². The summed E-state index contributed by atoms with van der Waals surface area (Å²) in [6.45, 7) is -2.91. The number of aryl methyl sites for hydroxylation is 1. The Balaban J connectivity index is 1.67. The third kappa shape index (κ3) is 4.43. The molecular weight excluding hydrogens is 372 g/mol. The van der Waals surface area contributed by atoms with Crippen molar-refractivity contribution in [3.8, 4) is 5.75 Å². The molecule has 2 N–H and O–H groups in total. The molecule has 0 aliphatic rings. The number of H-pyrrole nitrogens is 1. The van der Waals surface area contributed by atoms with E-state index in [-0.39, 0.29) is 31.2 Å². The minimum absolute atomic E-state index is 0.00297. The van der Waals surface area contributed by atoms with Crippen molar-refractivity contribution >= 4 is 16.8 Å². The van der Waals surface area contributed by atoms with Gasteiger partial charge < -0.3 is 10.1 Å². The Bertz CT molecular complexity index is 1110. The van der Waals surface area contributed by atoms with E-state index in [2.05, 4.69) is 15.0 Å². The molecule has 9 heteroatoms. The fourth-order valence-corrected chi connectivity index (χ4v) is 2.82. The number of fused-ring (bicyclic) bond motifs is 1. The number of aromatic nitrogens is 2. The summed E-state index contributed by atoms with van der Waals surface area (Å²) >= 11 is 0. The zero-order valence-corrected chi connectivity index (χ0v) is 14.7. The number of aromatic amines is 1. The number of alkyl halides is 2. The predicted octanol–water partition coefficient (Wildman–Crippen LogP) is 2.00. The third-order valence-corrected chi connectivity index (χ3v) is 4.13. The quantitative estimate of drug-likeness (QED) is 0.646. The Morgan fingerprint density at radius 3 is 2.61 bits per heavy atom. The lowest BCUT2D eigenvalue weighted by atomic mass is 10.2. The molecular formula is C19H17F2N3O4. The highest BCUT2D eigenvalue weighted by molar-refractivity contribution is 5.78. The molecule has 7 nitrogen and oxygen atoms in total. The fraction of sp³-hybridized carbons (Fsp3) is 0.211. The monoisotopic (exact) mass is 389 g/mol. The van der Waals surface area contributed by atoms with E-state index in [0.29, 0.717) is 16.5 Å². The first kappa shape index (κ1) is 19.3. The maximum absolute atomic E-state index is 12.4. The lowest BCUT2D eigenvalue weighted by molar-refractivity contribution is -0.121. The van der Waals surface area contributed by atoms with Crippen molar-refractivity contribution in [2.75, 3.05) is 0 Å². The van der Waals surface area contributed by atoms with Crippen molar-refractivity contribution < 1.29 is 18.3 Å². The first-order valence-corrected chi connectivity index (χ1v) is 8.47. The second-order valence-corrected chi connectivity index (χ2v) is 5.94. The van der Waals surface area contributed by atoms with E-state index in [0.717, 1.165) is 0 Å². The van der Waals surface area contributed by atoms with Gasteiger partial charge in [0, 0.05) is 25.1 Å². The molecule has 3 rings (SSSR count). The maximum atomic E-state index is 12.4. The third-order valence-electron chi connectivity index (χ3n) is 4.13. The fourth-order valence-electron chi connectivity index (χ4n) is 2.82. The number of hydrogen-bond donors (Lipinski definition) is 2. The van der Waals surface area contributed by atoms with Gasteiger partial charge in [0.1, 0.15) is 5.75 Å². The van der Waals surface area contributed by atoms with E-state index >= 15 is 0 Å². The summed E-state index contributed by atoms with van der Waals surface area (Å²) < 4.78 is 30.6. The molecule has 1 heterocycles. The highest BCUT2D eigenvalue weighted by atomic mass is 19.3. The van der Waals surface area contributed by atoms with Crippen molar-refractivity contribution in [2.45, 2.75) is 26.1 Å². The summed E-state index contributed by atoms with van der Waals surface area (Å²) in [6, 6.07) is 12.7. The Kier molecular flexibility index (Phi) is 5.83. The Hall–Kier alpha value is -3.49.